The van der Waals surface area contributed by atoms with Crippen LogP contribution in [0.15, 0.2) is 81.2 Å². The summed E-state index contributed by atoms with van der Waals surface area (Å²) in [4.78, 5) is 66.9. The number of thioether (sulfide) groups is 1. The van der Waals surface area contributed by atoms with Crippen molar-refractivity contribution in [3.05, 3.63) is 98.6 Å². The van der Waals surface area contributed by atoms with E-state index in [0.717, 1.165) is 28.0 Å². The van der Waals surface area contributed by atoms with Crippen molar-refractivity contribution in [3.63, 3.8) is 0 Å². The molecule has 42 heavy (non-hydrogen) atoms. The molecule has 0 spiro atoms. The maximum atomic E-state index is 13.9. The highest BCUT2D eigenvalue weighted by atomic mass is 32.2. The van der Waals surface area contributed by atoms with Crippen molar-refractivity contribution >= 4 is 58.2 Å². The van der Waals surface area contributed by atoms with Crippen LogP contribution < -0.4 is 15.1 Å². The van der Waals surface area contributed by atoms with Gasteiger partial charge in [0.15, 0.2) is 0 Å². The van der Waals surface area contributed by atoms with Crippen molar-refractivity contribution in [2.45, 2.75) is 29.7 Å². The molecule has 0 aliphatic carbocycles. The first-order valence-electron chi connectivity index (χ1n) is 12.9. The van der Waals surface area contributed by atoms with Gasteiger partial charge in [0.05, 0.1) is 45.9 Å². The second-order valence-electron chi connectivity index (χ2n) is 9.52. The number of benzene rings is 2. The van der Waals surface area contributed by atoms with Crippen molar-refractivity contribution in [2.24, 2.45) is 5.92 Å². The van der Waals surface area contributed by atoms with E-state index in [0.29, 0.717) is 27.0 Å². The van der Waals surface area contributed by atoms with Crippen molar-refractivity contribution < 1.29 is 32.7 Å². The van der Waals surface area contributed by atoms with Crippen LogP contribution in [-0.2, 0) is 25.7 Å². The van der Waals surface area contributed by atoms with Gasteiger partial charge in [-0.3, -0.25) is 23.7 Å². The lowest BCUT2D eigenvalue weighted by atomic mass is 9.87. The lowest BCUT2D eigenvalue weighted by Gasteiger charge is -2.29. The molecule has 2 aromatic carbocycles. The third-order valence-electron chi connectivity index (χ3n) is 6.97. The number of thiazole rings is 1. The normalized spacial score (nSPS) is 19.4. The second-order valence-corrected chi connectivity index (χ2v) is 11.6. The highest BCUT2D eigenvalue weighted by Crippen LogP contribution is 2.53. The Labute approximate surface area is 246 Å². The van der Waals surface area contributed by atoms with Gasteiger partial charge >= 0.3 is 10.8 Å². The van der Waals surface area contributed by atoms with E-state index in [2.05, 4.69) is 5.32 Å². The van der Waals surface area contributed by atoms with Crippen molar-refractivity contribution in [1.29, 1.82) is 0 Å². The zero-order chi connectivity index (χ0) is 29.5. The minimum Gasteiger partial charge on any atom is -0.469 e. The lowest BCUT2D eigenvalue weighted by molar-refractivity contribution is -0.122. The van der Waals surface area contributed by atoms with Crippen LogP contribution in [0.25, 0.3) is 0 Å². The summed E-state index contributed by atoms with van der Waals surface area (Å²) in [6, 6.07) is 14.6. The number of esters is 1. The molecule has 214 valence electrons. The average molecular weight is 608 g/mol. The smallest absolute Gasteiger partial charge is 0.338 e. The van der Waals surface area contributed by atoms with Gasteiger partial charge in [0, 0.05) is 5.69 Å². The summed E-state index contributed by atoms with van der Waals surface area (Å²) < 4.78 is 25.2. The number of imide groups is 1. The van der Waals surface area contributed by atoms with Gasteiger partial charge in [0.1, 0.15) is 23.4 Å². The van der Waals surface area contributed by atoms with Crippen LogP contribution in [0.3, 0.4) is 0 Å². The molecule has 1 N–H and O–H groups in total. The van der Waals surface area contributed by atoms with Crippen LogP contribution >= 0.6 is 23.1 Å². The molecule has 3 amide bonds. The molecule has 2 aliphatic heterocycles. The number of halogens is 1. The van der Waals surface area contributed by atoms with Crippen molar-refractivity contribution in [2.75, 3.05) is 16.8 Å². The van der Waals surface area contributed by atoms with Gasteiger partial charge in [-0.1, -0.05) is 23.1 Å². The standard InChI is InChI=1S/C29H22FN3O7S2/c1-2-39-28(37)15-5-11-18(12-6-15)33-25(35)22-21(19-4-3-13-40-19)24-27(41-23(22)26(33)36)32(29(38)42-24)14-20(34)31-17-9-7-16(30)8-10-17/h3-13,21-23H,2,14H2,1H3,(H,31,34). The van der Waals surface area contributed by atoms with Crippen LogP contribution in [0.5, 0.6) is 0 Å². The maximum Gasteiger partial charge on any atom is 0.338 e. The topological polar surface area (TPSA) is 128 Å². The predicted molar refractivity (Wildman–Crippen MR) is 152 cm³/mol. The number of rotatable bonds is 7. The largest absolute Gasteiger partial charge is 0.469 e. The number of ether oxygens (including phenoxy) is 1. The van der Waals surface area contributed by atoms with E-state index in [1.807, 2.05) is 0 Å². The van der Waals surface area contributed by atoms with Crippen molar-refractivity contribution in [1.82, 2.24) is 4.57 Å². The van der Waals surface area contributed by atoms with Crippen LogP contribution in [0.2, 0.25) is 0 Å². The number of fused-ring (bicyclic) bond motifs is 2. The molecule has 1 fully saturated rings. The van der Waals surface area contributed by atoms with Crippen LogP contribution in [-0.4, -0.2) is 40.1 Å². The zero-order valence-electron chi connectivity index (χ0n) is 21.9. The Kier molecular flexibility index (Phi) is 7.29. The average Bonchev–Trinajstić information content (AvgIpc) is 3.67. The van der Waals surface area contributed by atoms with E-state index in [-0.39, 0.29) is 18.7 Å². The van der Waals surface area contributed by atoms with Gasteiger partial charge in [-0.25, -0.2) is 14.1 Å². The first kappa shape index (κ1) is 27.7. The van der Waals surface area contributed by atoms with Crippen LogP contribution in [0, 0.1) is 11.7 Å². The van der Waals surface area contributed by atoms with Crippen molar-refractivity contribution in [3.8, 4) is 0 Å². The summed E-state index contributed by atoms with van der Waals surface area (Å²) in [5, 5.41) is 2.15. The molecule has 4 heterocycles. The molecule has 10 nitrogen and oxygen atoms in total. The minimum absolute atomic E-state index is 0.210. The van der Waals surface area contributed by atoms with Gasteiger partial charge < -0.3 is 14.5 Å². The lowest BCUT2D eigenvalue weighted by Crippen LogP contribution is -2.32. The number of carbonyl (C=O) groups excluding carboxylic acids is 4. The Bertz CT molecular complexity index is 1750. The number of anilines is 2. The molecule has 3 unspecified atom stereocenters. The Morgan fingerprint density at radius 3 is 2.43 bits per heavy atom. The molecule has 0 radical (unpaired) electrons. The van der Waals surface area contributed by atoms with Gasteiger partial charge in [-0.05, 0) is 67.6 Å². The number of nitrogens with zero attached hydrogens (tertiary/aromatic N) is 2. The first-order chi connectivity index (χ1) is 20.3. The molecule has 2 aromatic heterocycles. The van der Waals surface area contributed by atoms with Crippen LogP contribution in [0.4, 0.5) is 15.8 Å². The second kappa shape index (κ2) is 11.1. The quantitative estimate of drug-likeness (QED) is 0.244. The molecular formula is C29H22FN3O7S2. The molecular weight excluding hydrogens is 585 g/mol. The summed E-state index contributed by atoms with van der Waals surface area (Å²) in [7, 11) is 0. The van der Waals surface area contributed by atoms with Gasteiger partial charge in [-0.2, -0.15) is 0 Å². The molecule has 13 heteroatoms. The highest BCUT2D eigenvalue weighted by Gasteiger charge is 2.57. The Balaban J connectivity index is 1.34. The fraction of sp³-hybridized carbons (Fsp3) is 0.207. The number of hydrogen-bond donors (Lipinski definition) is 1. The summed E-state index contributed by atoms with van der Waals surface area (Å²) in [6.45, 7) is 1.55. The molecule has 0 saturated carbocycles. The summed E-state index contributed by atoms with van der Waals surface area (Å²) >= 11 is 1.96. The van der Waals surface area contributed by atoms with E-state index in [1.165, 1.54) is 59.4 Å². The van der Waals surface area contributed by atoms with E-state index in [9.17, 15) is 28.4 Å². The SMILES string of the molecule is CCOC(=O)c1ccc(N2C(=O)C3Sc4c(sc(=O)n4CC(=O)Nc4ccc(F)cc4)C(c4ccco4)C3C2=O)cc1. The molecule has 0 bridgehead atoms. The number of carbonyl (C=O) groups is 4. The van der Waals surface area contributed by atoms with E-state index >= 15 is 0 Å². The minimum atomic E-state index is -0.898. The summed E-state index contributed by atoms with van der Waals surface area (Å²) in [6.07, 6.45) is 1.45. The molecule has 6 rings (SSSR count). The Morgan fingerprint density at radius 2 is 1.76 bits per heavy atom. The molecule has 2 aliphatic rings. The fourth-order valence-electron chi connectivity index (χ4n) is 5.12. The summed E-state index contributed by atoms with van der Waals surface area (Å²) in [5.41, 5.74) is 0.941. The number of amides is 3. The molecule has 1 saturated heterocycles. The summed E-state index contributed by atoms with van der Waals surface area (Å²) in [5.74, 6) is -3.63. The van der Waals surface area contributed by atoms with E-state index in [1.54, 1.807) is 19.1 Å². The van der Waals surface area contributed by atoms with Crippen LogP contribution in [0.1, 0.15) is 33.8 Å². The van der Waals surface area contributed by atoms with Gasteiger partial charge in [0.2, 0.25) is 17.7 Å². The third kappa shape index (κ3) is 4.84. The highest BCUT2D eigenvalue weighted by molar-refractivity contribution is 8.00. The fourth-order valence-corrected chi connectivity index (χ4v) is 7.88. The van der Waals surface area contributed by atoms with Gasteiger partial charge in [0.25, 0.3) is 0 Å². The molecule has 4 aromatic rings. The number of aromatic nitrogens is 1. The number of hydrogen-bond acceptors (Lipinski definition) is 9. The number of nitrogens with one attached hydrogen (secondary N) is 1. The Morgan fingerprint density at radius 1 is 1.02 bits per heavy atom. The Hall–Kier alpha value is -4.49. The van der Waals surface area contributed by atoms with E-state index < -0.39 is 51.5 Å². The van der Waals surface area contributed by atoms with E-state index in [4.69, 9.17) is 9.15 Å². The predicted octanol–water partition coefficient (Wildman–Crippen LogP) is 4.25. The number of furan rings is 1. The monoisotopic (exact) mass is 607 g/mol. The molecule has 3 atom stereocenters. The first-order valence-corrected chi connectivity index (χ1v) is 14.6. The third-order valence-corrected chi connectivity index (χ3v) is 9.57. The van der Waals surface area contributed by atoms with Gasteiger partial charge in [-0.15, -0.1) is 0 Å². The maximum absolute atomic E-state index is 13.9. The zero-order valence-corrected chi connectivity index (χ0v) is 23.6.